The van der Waals surface area contributed by atoms with Crippen molar-refractivity contribution in [3.05, 3.63) is 28.5 Å². The summed E-state index contributed by atoms with van der Waals surface area (Å²) in [6.07, 6.45) is -2.99. The van der Waals surface area contributed by atoms with E-state index in [9.17, 15) is 18.0 Å². The third-order valence-electron chi connectivity index (χ3n) is 1.79. The molecular formula is C10H10BrF3N2O2. The predicted octanol–water partition coefficient (Wildman–Crippen LogP) is 2.15. The summed E-state index contributed by atoms with van der Waals surface area (Å²) in [5.74, 6) is -0.411. The van der Waals surface area contributed by atoms with Gasteiger partial charge in [-0.05, 0) is 28.1 Å². The van der Waals surface area contributed by atoms with Crippen LogP contribution in [0.1, 0.15) is 10.4 Å². The minimum absolute atomic E-state index is 0.00494. The van der Waals surface area contributed by atoms with Gasteiger partial charge in [0.05, 0.1) is 12.2 Å². The first kappa shape index (κ1) is 14.9. The van der Waals surface area contributed by atoms with Crippen LogP contribution in [0.5, 0.6) is 0 Å². The maximum atomic E-state index is 11.7. The number of hydrogen-bond acceptors (Lipinski definition) is 3. The maximum Gasteiger partial charge on any atom is 0.411 e. The van der Waals surface area contributed by atoms with Crippen molar-refractivity contribution in [2.24, 2.45) is 0 Å². The molecule has 0 atom stereocenters. The Morgan fingerprint density at radius 1 is 1.44 bits per heavy atom. The molecule has 0 radical (unpaired) electrons. The zero-order valence-corrected chi connectivity index (χ0v) is 10.7. The number of pyridine rings is 1. The largest absolute Gasteiger partial charge is 0.411 e. The minimum Gasteiger partial charge on any atom is -0.370 e. The van der Waals surface area contributed by atoms with Gasteiger partial charge in [-0.1, -0.05) is 0 Å². The standard InChI is InChI=1S/C10H10BrF3N2O2/c11-8-2-1-7(5-16-8)9(17)15-3-4-18-6-10(12,13)14/h1-2,5H,3-4,6H2,(H,15,17). The van der Waals surface area contributed by atoms with Crippen molar-refractivity contribution in [1.82, 2.24) is 10.3 Å². The molecule has 0 bridgehead atoms. The van der Waals surface area contributed by atoms with Crippen molar-refractivity contribution in [3.63, 3.8) is 0 Å². The molecule has 0 spiro atoms. The SMILES string of the molecule is O=C(NCCOCC(F)(F)F)c1ccc(Br)nc1. The van der Waals surface area contributed by atoms with Gasteiger partial charge in [-0.2, -0.15) is 13.2 Å². The van der Waals surface area contributed by atoms with Gasteiger partial charge in [-0.15, -0.1) is 0 Å². The molecule has 1 rings (SSSR count). The van der Waals surface area contributed by atoms with Gasteiger partial charge in [0.2, 0.25) is 0 Å². The topological polar surface area (TPSA) is 51.2 Å². The number of nitrogens with one attached hydrogen (secondary N) is 1. The number of carbonyl (C=O) groups excluding carboxylic acids is 1. The Kier molecular flexibility index (Phi) is 5.54. The number of carbonyl (C=O) groups is 1. The zero-order chi connectivity index (χ0) is 13.6. The Bertz CT molecular complexity index is 395. The summed E-state index contributed by atoms with van der Waals surface area (Å²) in [4.78, 5) is 15.3. The first-order valence-electron chi connectivity index (χ1n) is 4.93. The summed E-state index contributed by atoms with van der Waals surface area (Å²) < 4.78 is 40.1. The molecule has 4 nitrogen and oxygen atoms in total. The van der Waals surface area contributed by atoms with Crippen LogP contribution < -0.4 is 5.32 Å². The van der Waals surface area contributed by atoms with Crippen molar-refractivity contribution in [1.29, 1.82) is 0 Å². The molecule has 0 aliphatic carbocycles. The minimum atomic E-state index is -4.35. The number of aromatic nitrogens is 1. The van der Waals surface area contributed by atoms with Crippen LogP contribution in [0, 0.1) is 0 Å². The number of halogens is 4. The average molecular weight is 327 g/mol. The Morgan fingerprint density at radius 2 is 2.17 bits per heavy atom. The van der Waals surface area contributed by atoms with E-state index >= 15 is 0 Å². The Morgan fingerprint density at radius 3 is 2.72 bits per heavy atom. The second kappa shape index (κ2) is 6.69. The summed E-state index contributed by atoms with van der Waals surface area (Å²) in [7, 11) is 0. The molecule has 1 N–H and O–H groups in total. The molecule has 1 aromatic rings. The van der Waals surface area contributed by atoms with Gasteiger partial charge in [-0.3, -0.25) is 4.79 Å². The third-order valence-corrected chi connectivity index (χ3v) is 2.26. The molecule has 0 fully saturated rings. The van der Waals surface area contributed by atoms with Crippen LogP contribution in [0.2, 0.25) is 0 Å². The van der Waals surface area contributed by atoms with Crippen molar-refractivity contribution in [2.75, 3.05) is 19.8 Å². The third kappa shape index (κ3) is 5.97. The van der Waals surface area contributed by atoms with E-state index in [1.807, 2.05) is 0 Å². The second-order valence-corrected chi connectivity index (χ2v) is 4.11. The normalized spacial score (nSPS) is 11.3. The van der Waals surface area contributed by atoms with Gasteiger partial charge in [0.15, 0.2) is 0 Å². The number of ether oxygens (including phenoxy) is 1. The quantitative estimate of drug-likeness (QED) is 0.666. The molecule has 1 heterocycles. The summed E-state index contributed by atoms with van der Waals surface area (Å²) in [6, 6.07) is 3.14. The van der Waals surface area contributed by atoms with E-state index in [0.29, 0.717) is 10.2 Å². The number of hydrogen-bond donors (Lipinski definition) is 1. The molecule has 0 aliphatic heterocycles. The van der Waals surface area contributed by atoms with Gasteiger partial charge >= 0.3 is 6.18 Å². The number of alkyl halides is 3. The fourth-order valence-corrected chi connectivity index (χ4v) is 1.27. The Labute approximate surface area is 110 Å². The number of rotatable bonds is 5. The zero-order valence-electron chi connectivity index (χ0n) is 9.13. The van der Waals surface area contributed by atoms with E-state index < -0.39 is 18.7 Å². The van der Waals surface area contributed by atoms with Crippen LogP contribution in [-0.4, -0.2) is 36.8 Å². The monoisotopic (exact) mass is 326 g/mol. The predicted molar refractivity (Wildman–Crippen MR) is 61.1 cm³/mol. The molecule has 18 heavy (non-hydrogen) atoms. The lowest BCUT2D eigenvalue weighted by atomic mass is 10.3. The van der Waals surface area contributed by atoms with Gasteiger partial charge < -0.3 is 10.1 Å². The first-order chi connectivity index (χ1) is 8.38. The summed E-state index contributed by atoms with van der Waals surface area (Å²) in [6.45, 7) is -1.51. The number of nitrogens with zero attached hydrogens (tertiary/aromatic N) is 1. The Hall–Kier alpha value is -1.15. The van der Waals surface area contributed by atoms with Gasteiger partial charge in [0, 0.05) is 12.7 Å². The fraction of sp³-hybridized carbons (Fsp3) is 0.400. The van der Waals surface area contributed by atoms with E-state index in [1.54, 1.807) is 12.1 Å². The van der Waals surface area contributed by atoms with Crippen LogP contribution >= 0.6 is 15.9 Å². The molecule has 100 valence electrons. The van der Waals surface area contributed by atoms with Crippen LogP contribution in [0.25, 0.3) is 0 Å². The lowest BCUT2D eigenvalue weighted by Crippen LogP contribution is -2.28. The molecule has 0 aromatic carbocycles. The average Bonchev–Trinajstić information content (AvgIpc) is 2.27. The smallest absolute Gasteiger partial charge is 0.370 e. The molecule has 1 amide bonds. The molecule has 0 saturated heterocycles. The molecule has 1 aromatic heterocycles. The highest BCUT2D eigenvalue weighted by Gasteiger charge is 2.27. The second-order valence-electron chi connectivity index (χ2n) is 3.29. The van der Waals surface area contributed by atoms with Crippen molar-refractivity contribution < 1.29 is 22.7 Å². The molecule has 8 heteroatoms. The van der Waals surface area contributed by atoms with Crippen LogP contribution in [0.15, 0.2) is 22.9 Å². The van der Waals surface area contributed by atoms with Crippen molar-refractivity contribution in [3.8, 4) is 0 Å². The first-order valence-corrected chi connectivity index (χ1v) is 5.72. The van der Waals surface area contributed by atoms with E-state index in [2.05, 4.69) is 31.0 Å². The van der Waals surface area contributed by atoms with E-state index in [1.165, 1.54) is 6.20 Å². The summed E-state index contributed by atoms with van der Waals surface area (Å²) in [5.41, 5.74) is 0.328. The maximum absolute atomic E-state index is 11.7. The van der Waals surface area contributed by atoms with Crippen LogP contribution in [0.3, 0.4) is 0 Å². The van der Waals surface area contributed by atoms with Gasteiger partial charge in [-0.25, -0.2) is 4.98 Å². The lowest BCUT2D eigenvalue weighted by Gasteiger charge is -2.08. The molecule has 0 saturated carbocycles. The molecule has 0 unspecified atom stereocenters. The van der Waals surface area contributed by atoms with Gasteiger partial charge in [0.25, 0.3) is 5.91 Å². The van der Waals surface area contributed by atoms with Crippen molar-refractivity contribution in [2.45, 2.75) is 6.18 Å². The number of amides is 1. The van der Waals surface area contributed by atoms with Gasteiger partial charge in [0.1, 0.15) is 11.2 Å². The fourth-order valence-electron chi connectivity index (χ4n) is 1.04. The summed E-state index contributed by atoms with van der Waals surface area (Å²) in [5, 5.41) is 2.42. The van der Waals surface area contributed by atoms with E-state index in [-0.39, 0.29) is 13.2 Å². The van der Waals surface area contributed by atoms with Crippen LogP contribution in [0.4, 0.5) is 13.2 Å². The molecular weight excluding hydrogens is 317 g/mol. The molecule has 0 aliphatic rings. The Balaban J connectivity index is 2.24. The highest BCUT2D eigenvalue weighted by atomic mass is 79.9. The lowest BCUT2D eigenvalue weighted by molar-refractivity contribution is -0.173. The van der Waals surface area contributed by atoms with E-state index in [4.69, 9.17) is 0 Å². The van der Waals surface area contributed by atoms with E-state index in [0.717, 1.165) is 0 Å². The highest BCUT2D eigenvalue weighted by Crippen LogP contribution is 2.13. The highest BCUT2D eigenvalue weighted by molar-refractivity contribution is 9.10. The summed E-state index contributed by atoms with van der Waals surface area (Å²) >= 11 is 3.12. The van der Waals surface area contributed by atoms with Crippen LogP contribution in [-0.2, 0) is 4.74 Å². The van der Waals surface area contributed by atoms with Crippen molar-refractivity contribution >= 4 is 21.8 Å².